The van der Waals surface area contributed by atoms with Gasteiger partial charge in [0.25, 0.3) is 0 Å². The average Bonchev–Trinajstić information content (AvgIpc) is 2.59. The minimum atomic E-state index is -1.02. The molecule has 0 aromatic carbocycles. The van der Waals surface area contributed by atoms with E-state index in [0.717, 1.165) is 44.9 Å². The number of amides is 1. The fourth-order valence-electron chi connectivity index (χ4n) is 3.86. The first-order chi connectivity index (χ1) is 9.37. The molecule has 1 unspecified atom stereocenters. The van der Waals surface area contributed by atoms with Gasteiger partial charge in [0.2, 0.25) is 5.91 Å². The largest absolute Gasteiger partial charge is 0.480 e. The Morgan fingerprint density at radius 1 is 1.00 bits per heavy atom. The number of carbonyl (C=O) groups excluding carboxylic acids is 1. The molecule has 1 amide bonds. The molecule has 20 heavy (non-hydrogen) atoms. The Labute approximate surface area is 121 Å². The van der Waals surface area contributed by atoms with Crippen LogP contribution in [-0.2, 0) is 9.59 Å². The van der Waals surface area contributed by atoms with Gasteiger partial charge in [0.1, 0.15) is 5.54 Å². The van der Waals surface area contributed by atoms with E-state index in [0.29, 0.717) is 12.8 Å². The van der Waals surface area contributed by atoms with Gasteiger partial charge in [-0.2, -0.15) is 0 Å². The molecule has 2 aliphatic carbocycles. The molecule has 0 aliphatic heterocycles. The predicted molar refractivity (Wildman–Crippen MR) is 77.3 cm³/mol. The third-order valence-electron chi connectivity index (χ3n) is 5.30. The molecule has 2 aliphatic rings. The Morgan fingerprint density at radius 2 is 1.60 bits per heavy atom. The summed E-state index contributed by atoms with van der Waals surface area (Å²) in [7, 11) is 0. The molecule has 114 valence electrons. The molecule has 1 atom stereocenters. The molecule has 0 heterocycles. The number of aliphatic carboxylic acids is 1. The van der Waals surface area contributed by atoms with Gasteiger partial charge in [-0.3, -0.25) is 4.79 Å². The fourth-order valence-corrected chi connectivity index (χ4v) is 3.86. The molecule has 4 nitrogen and oxygen atoms in total. The van der Waals surface area contributed by atoms with Crippen molar-refractivity contribution < 1.29 is 14.7 Å². The summed E-state index contributed by atoms with van der Waals surface area (Å²) < 4.78 is 0. The lowest BCUT2D eigenvalue weighted by Gasteiger charge is -2.33. The van der Waals surface area contributed by atoms with Gasteiger partial charge in [0.05, 0.1) is 0 Å². The Balaban J connectivity index is 2.12. The molecule has 0 bridgehead atoms. The lowest BCUT2D eigenvalue weighted by molar-refractivity contribution is -0.149. The standard InChI is InChI=1S/C16H27NO3/c1-15(2)9-7-8-12(15)13(18)17-16(14(19)20)10-5-3-4-6-11-16/h12H,3-11H2,1-2H3,(H,17,18)(H,19,20). The summed E-state index contributed by atoms with van der Waals surface area (Å²) in [6, 6.07) is 0. The molecule has 2 N–H and O–H groups in total. The van der Waals surface area contributed by atoms with Crippen molar-refractivity contribution in [3.05, 3.63) is 0 Å². The van der Waals surface area contributed by atoms with Crippen LogP contribution < -0.4 is 5.32 Å². The molecular weight excluding hydrogens is 254 g/mol. The van der Waals surface area contributed by atoms with Crippen molar-refractivity contribution in [3.63, 3.8) is 0 Å². The van der Waals surface area contributed by atoms with E-state index in [1.54, 1.807) is 0 Å². The van der Waals surface area contributed by atoms with Gasteiger partial charge in [0, 0.05) is 5.92 Å². The van der Waals surface area contributed by atoms with Crippen molar-refractivity contribution >= 4 is 11.9 Å². The van der Waals surface area contributed by atoms with Crippen LogP contribution in [0.1, 0.15) is 71.6 Å². The van der Waals surface area contributed by atoms with Crippen LogP contribution >= 0.6 is 0 Å². The number of carbonyl (C=O) groups is 2. The number of rotatable bonds is 3. The van der Waals surface area contributed by atoms with Crippen LogP contribution in [0.4, 0.5) is 0 Å². The summed E-state index contributed by atoms with van der Waals surface area (Å²) in [6.45, 7) is 4.23. The second-order valence-corrected chi connectivity index (χ2v) is 7.22. The zero-order valence-electron chi connectivity index (χ0n) is 12.7. The molecule has 0 saturated heterocycles. The summed E-state index contributed by atoms with van der Waals surface area (Å²) in [5, 5.41) is 12.6. The Hall–Kier alpha value is -1.06. The molecule has 2 rings (SSSR count). The number of hydrogen-bond donors (Lipinski definition) is 2. The molecule has 0 aromatic heterocycles. The monoisotopic (exact) mass is 281 g/mol. The van der Waals surface area contributed by atoms with Gasteiger partial charge < -0.3 is 10.4 Å². The number of carboxylic acids is 1. The highest BCUT2D eigenvalue weighted by Crippen LogP contribution is 2.43. The van der Waals surface area contributed by atoms with Crippen LogP contribution in [0.15, 0.2) is 0 Å². The van der Waals surface area contributed by atoms with Crippen molar-refractivity contribution in [3.8, 4) is 0 Å². The fraction of sp³-hybridized carbons (Fsp3) is 0.875. The quantitative estimate of drug-likeness (QED) is 0.781. The minimum absolute atomic E-state index is 0.00545. The average molecular weight is 281 g/mol. The van der Waals surface area contributed by atoms with Gasteiger partial charge in [-0.25, -0.2) is 4.79 Å². The van der Waals surface area contributed by atoms with Crippen LogP contribution in [0.2, 0.25) is 0 Å². The van der Waals surface area contributed by atoms with E-state index in [9.17, 15) is 14.7 Å². The zero-order chi connectivity index (χ0) is 14.8. The van der Waals surface area contributed by atoms with Crippen molar-refractivity contribution in [2.45, 2.75) is 77.2 Å². The number of nitrogens with one attached hydrogen (secondary N) is 1. The van der Waals surface area contributed by atoms with E-state index in [-0.39, 0.29) is 17.2 Å². The maximum Gasteiger partial charge on any atom is 0.329 e. The van der Waals surface area contributed by atoms with E-state index in [1.165, 1.54) is 0 Å². The summed E-state index contributed by atoms with van der Waals surface area (Å²) in [4.78, 5) is 24.3. The van der Waals surface area contributed by atoms with E-state index >= 15 is 0 Å². The Bertz CT molecular complexity index is 381. The SMILES string of the molecule is CC1(C)CCCC1C(=O)NC1(C(=O)O)CCCCCC1. The lowest BCUT2D eigenvalue weighted by atomic mass is 9.80. The van der Waals surface area contributed by atoms with Crippen LogP contribution in [0.5, 0.6) is 0 Å². The first kappa shape index (κ1) is 15.3. The second-order valence-electron chi connectivity index (χ2n) is 7.22. The number of carboxylic acid groups (broad SMARTS) is 1. The first-order valence-electron chi connectivity index (χ1n) is 7.93. The second kappa shape index (κ2) is 5.74. The van der Waals surface area contributed by atoms with Gasteiger partial charge >= 0.3 is 5.97 Å². The van der Waals surface area contributed by atoms with E-state index in [1.807, 2.05) is 0 Å². The minimum Gasteiger partial charge on any atom is -0.480 e. The van der Waals surface area contributed by atoms with Crippen LogP contribution in [-0.4, -0.2) is 22.5 Å². The van der Waals surface area contributed by atoms with Crippen molar-refractivity contribution in [1.29, 1.82) is 0 Å². The van der Waals surface area contributed by atoms with Crippen LogP contribution in [0.3, 0.4) is 0 Å². The van der Waals surface area contributed by atoms with E-state index in [2.05, 4.69) is 19.2 Å². The van der Waals surface area contributed by atoms with Gasteiger partial charge in [-0.05, 0) is 31.1 Å². The van der Waals surface area contributed by atoms with Gasteiger partial charge in [-0.15, -0.1) is 0 Å². The highest BCUT2D eigenvalue weighted by molar-refractivity contribution is 5.88. The highest BCUT2D eigenvalue weighted by Gasteiger charge is 2.45. The van der Waals surface area contributed by atoms with E-state index in [4.69, 9.17) is 0 Å². The smallest absolute Gasteiger partial charge is 0.329 e. The molecule has 4 heteroatoms. The van der Waals surface area contributed by atoms with Crippen molar-refractivity contribution in [2.24, 2.45) is 11.3 Å². The molecule has 0 aromatic rings. The third kappa shape index (κ3) is 2.99. The highest BCUT2D eigenvalue weighted by atomic mass is 16.4. The zero-order valence-corrected chi connectivity index (χ0v) is 12.7. The van der Waals surface area contributed by atoms with Crippen molar-refractivity contribution in [2.75, 3.05) is 0 Å². The molecule has 2 saturated carbocycles. The Morgan fingerprint density at radius 3 is 2.05 bits per heavy atom. The first-order valence-corrected chi connectivity index (χ1v) is 7.93. The lowest BCUT2D eigenvalue weighted by Crippen LogP contribution is -2.56. The third-order valence-corrected chi connectivity index (χ3v) is 5.30. The molecule has 0 spiro atoms. The topological polar surface area (TPSA) is 66.4 Å². The molecular formula is C16H27NO3. The summed E-state index contributed by atoms with van der Waals surface area (Å²) in [5.41, 5.74) is -1.03. The summed E-state index contributed by atoms with van der Waals surface area (Å²) in [5.74, 6) is -0.942. The normalized spacial score (nSPS) is 28.6. The number of hydrogen-bond acceptors (Lipinski definition) is 2. The van der Waals surface area contributed by atoms with Crippen molar-refractivity contribution in [1.82, 2.24) is 5.32 Å². The maximum atomic E-state index is 12.6. The van der Waals surface area contributed by atoms with Gasteiger partial charge in [-0.1, -0.05) is 46.0 Å². The molecule has 2 fully saturated rings. The van der Waals surface area contributed by atoms with E-state index < -0.39 is 11.5 Å². The predicted octanol–water partition coefficient (Wildman–Crippen LogP) is 3.11. The summed E-state index contributed by atoms with van der Waals surface area (Å²) in [6.07, 6.45) is 8.05. The Kier molecular flexibility index (Phi) is 4.40. The molecule has 0 radical (unpaired) electrons. The maximum absolute atomic E-state index is 12.6. The van der Waals surface area contributed by atoms with Crippen LogP contribution in [0, 0.1) is 11.3 Å². The van der Waals surface area contributed by atoms with Gasteiger partial charge in [0.15, 0.2) is 0 Å². The summed E-state index contributed by atoms with van der Waals surface area (Å²) >= 11 is 0. The van der Waals surface area contributed by atoms with Crippen LogP contribution in [0.25, 0.3) is 0 Å².